The summed E-state index contributed by atoms with van der Waals surface area (Å²) >= 11 is 0. The number of rotatable bonds is 6. The molecule has 0 unspecified atom stereocenters. The maximum atomic E-state index is 12.4. The van der Waals surface area contributed by atoms with Crippen LogP contribution in [-0.2, 0) is 9.53 Å². The summed E-state index contributed by atoms with van der Waals surface area (Å²) < 4.78 is 15.6. The van der Waals surface area contributed by atoms with Crippen molar-refractivity contribution in [1.29, 1.82) is 0 Å². The number of hydrogen-bond acceptors (Lipinski definition) is 7. The number of nitro benzene ring substituents is 1. The first kappa shape index (κ1) is 17.7. The Morgan fingerprint density at radius 1 is 1.33 bits per heavy atom. The standard InChI is InChI=1S/C16H19NO7/c1-3-23-15-8-10(11(17(20)21)9-14(15)22-2)16(19)24-13-7-5-4-6-12(13)18/h8-9,13H,3-7H2,1-2H3/t13-/m0/s1. The lowest BCUT2D eigenvalue weighted by atomic mass is 9.96. The third-order valence-corrected chi connectivity index (χ3v) is 3.75. The van der Waals surface area contributed by atoms with E-state index >= 15 is 0 Å². The van der Waals surface area contributed by atoms with Crippen molar-refractivity contribution in [3.8, 4) is 11.5 Å². The van der Waals surface area contributed by atoms with Gasteiger partial charge in [0.1, 0.15) is 5.56 Å². The van der Waals surface area contributed by atoms with E-state index in [-0.39, 0.29) is 22.8 Å². The molecule has 0 radical (unpaired) electrons. The first-order valence-electron chi connectivity index (χ1n) is 7.70. The van der Waals surface area contributed by atoms with E-state index in [4.69, 9.17) is 14.2 Å². The van der Waals surface area contributed by atoms with Gasteiger partial charge < -0.3 is 14.2 Å². The Balaban J connectivity index is 2.35. The minimum atomic E-state index is -0.912. The number of ketones is 1. The van der Waals surface area contributed by atoms with Crippen LogP contribution in [0.4, 0.5) is 5.69 Å². The number of benzene rings is 1. The Kier molecular flexibility index (Phi) is 5.73. The van der Waals surface area contributed by atoms with E-state index in [0.717, 1.165) is 18.9 Å². The number of esters is 1. The zero-order valence-electron chi connectivity index (χ0n) is 13.6. The van der Waals surface area contributed by atoms with Gasteiger partial charge in [-0.25, -0.2) is 4.79 Å². The highest BCUT2D eigenvalue weighted by molar-refractivity contribution is 5.97. The Hall–Kier alpha value is -2.64. The second kappa shape index (κ2) is 7.76. The van der Waals surface area contributed by atoms with Crippen molar-refractivity contribution in [2.24, 2.45) is 0 Å². The highest BCUT2D eigenvalue weighted by atomic mass is 16.6. The molecule has 1 aliphatic rings. The molecule has 2 rings (SSSR count). The van der Waals surface area contributed by atoms with Gasteiger partial charge in [-0.05, 0) is 26.2 Å². The van der Waals surface area contributed by atoms with Crippen LogP contribution in [0, 0.1) is 10.1 Å². The normalized spacial score (nSPS) is 17.2. The average Bonchev–Trinajstić information content (AvgIpc) is 2.56. The summed E-state index contributed by atoms with van der Waals surface area (Å²) in [4.78, 5) is 34.7. The maximum absolute atomic E-state index is 12.4. The van der Waals surface area contributed by atoms with Gasteiger partial charge in [-0.2, -0.15) is 0 Å². The molecule has 0 saturated heterocycles. The van der Waals surface area contributed by atoms with Crippen molar-refractivity contribution in [1.82, 2.24) is 0 Å². The second-order valence-corrected chi connectivity index (χ2v) is 5.32. The van der Waals surface area contributed by atoms with Crippen LogP contribution in [0.3, 0.4) is 0 Å². The van der Waals surface area contributed by atoms with Crippen molar-refractivity contribution in [2.45, 2.75) is 38.7 Å². The number of methoxy groups -OCH3 is 1. The predicted molar refractivity (Wildman–Crippen MR) is 83.5 cm³/mol. The molecule has 0 heterocycles. The van der Waals surface area contributed by atoms with Gasteiger partial charge in [0.05, 0.1) is 24.7 Å². The van der Waals surface area contributed by atoms with Crippen molar-refractivity contribution in [2.75, 3.05) is 13.7 Å². The van der Waals surface area contributed by atoms with E-state index in [2.05, 4.69) is 0 Å². The van der Waals surface area contributed by atoms with Gasteiger partial charge in [0.15, 0.2) is 23.4 Å². The fraction of sp³-hybridized carbons (Fsp3) is 0.500. The van der Waals surface area contributed by atoms with Crippen molar-refractivity contribution < 1.29 is 28.7 Å². The number of carbonyl (C=O) groups excluding carboxylic acids is 2. The minimum absolute atomic E-state index is 0.147. The minimum Gasteiger partial charge on any atom is -0.493 e. The molecule has 0 N–H and O–H groups in total. The van der Waals surface area contributed by atoms with Gasteiger partial charge in [-0.3, -0.25) is 14.9 Å². The van der Waals surface area contributed by atoms with Gasteiger partial charge in [0.2, 0.25) is 0 Å². The van der Waals surface area contributed by atoms with Crippen molar-refractivity contribution in [3.05, 3.63) is 27.8 Å². The molecule has 8 nitrogen and oxygen atoms in total. The molecule has 0 aromatic heterocycles. The number of hydrogen-bond donors (Lipinski definition) is 0. The monoisotopic (exact) mass is 337 g/mol. The van der Waals surface area contributed by atoms with E-state index in [9.17, 15) is 19.7 Å². The van der Waals surface area contributed by atoms with E-state index in [1.54, 1.807) is 6.92 Å². The average molecular weight is 337 g/mol. The van der Waals surface area contributed by atoms with Gasteiger partial charge in [-0.15, -0.1) is 0 Å². The molecule has 1 aromatic rings. The van der Waals surface area contributed by atoms with Crippen LogP contribution >= 0.6 is 0 Å². The molecular formula is C16H19NO7. The Morgan fingerprint density at radius 3 is 2.67 bits per heavy atom. The number of Topliss-reactive ketones (excluding diaryl/α,β-unsaturated/α-hetero) is 1. The van der Waals surface area contributed by atoms with E-state index in [1.165, 1.54) is 13.2 Å². The lowest BCUT2D eigenvalue weighted by molar-refractivity contribution is -0.385. The lowest BCUT2D eigenvalue weighted by Gasteiger charge is -2.20. The van der Waals surface area contributed by atoms with Crippen LogP contribution in [-0.4, -0.2) is 36.5 Å². The van der Waals surface area contributed by atoms with Gasteiger partial charge in [0, 0.05) is 12.5 Å². The number of nitrogens with zero attached hydrogens (tertiary/aromatic N) is 1. The molecule has 1 aliphatic carbocycles. The fourth-order valence-corrected chi connectivity index (χ4v) is 2.56. The van der Waals surface area contributed by atoms with Crippen LogP contribution in [0.15, 0.2) is 12.1 Å². The molecule has 0 bridgehead atoms. The molecular weight excluding hydrogens is 318 g/mol. The smallest absolute Gasteiger partial charge is 0.346 e. The molecule has 24 heavy (non-hydrogen) atoms. The van der Waals surface area contributed by atoms with Crippen molar-refractivity contribution >= 4 is 17.4 Å². The molecule has 8 heteroatoms. The first-order chi connectivity index (χ1) is 11.5. The lowest BCUT2D eigenvalue weighted by Crippen LogP contribution is -2.30. The fourth-order valence-electron chi connectivity index (χ4n) is 2.56. The summed E-state index contributed by atoms with van der Waals surface area (Å²) in [5.41, 5.74) is -0.716. The summed E-state index contributed by atoms with van der Waals surface area (Å²) in [5, 5.41) is 11.3. The number of carbonyl (C=O) groups is 2. The Bertz CT molecular complexity index is 656. The molecule has 0 aliphatic heterocycles. The molecule has 130 valence electrons. The van der Waals surface area contributed by atoms with Gasteiger partial charge in [-0.1, -0.05) is 0 Å². The SMILES string of the molecule is CCOc1cc(C(=O)O[C@H]2CCCCC2=O)c([N+](=O)[O-])cc1OC. The topological polar surface area (TPSA) is 105 Å². The third-order valence-electron chi connectivity index (χ3n) is 3.75. The van der Waals surface area contributed by atoms with Crippen LogP contribution in [0.2, 0.25) is 0 Å². The zero-order chi connectivity index (χ0) is 17.7. The van der Waals surface area contributed by atoms with Gasteiger partial charge in [0.25, 0.3) is 5.69 Å². The molecule has 0 amide bonds. The van der Waals surface area contributed by atoms with Gasteiger partial charge >= 0.3 is 5.97 Å². The largest absolute Gasteiger partial charge is 0.493 e. The van der Waals surface area contributed by atoms with E-state index < -0.39 is 22.7 Å². The zero-order valence-corrected chi connectivity index (χ0v) is 13.6. The summed E-state index contributed by atoms with van der Waals surface area (Å²) in [7, 11) is 1.35. The molecule has 1 fully saturated rings. The van der Waals surface area contributed by atoms with Crippen LogP contribution in [0.25, 0.3) is 0 Å². The Morgan fingerprint density at radius 2 is 2.08 bits per heavy atom. The second-order valence-electron chi connectivity index (χ2n) is 5.32. The maximum Gasteiger partial charge on any atom is 0.346 e. The summed E-state index contributed by atoms with van der Waals surface area (Å²) in [6.45, 7) is 2.03. The quantitative estimate of drug-likeness (QED) is 0.446. The van der Waals surface area contributed by atoms with Crippen LogP contribution in [0.1, 0.15) is 43.0 Å². The van der Waals surface area contributed by atoms with E-state index in [0.29, 0.717) is 19.4 Å². The third kappa shape index (κ3) is 3.81. The first-order valence-corrected chi connectivity index (χ1v) is 7.70. The summed E-state index contributed by atoms with van der Waals surface area (Å²) in [6.07, 6.45) is 1.49. The summed E-state index contributed by atoms with van der Waals surface area (Å²) in [5.74, 6) is -0.720. The molecule has 0 spiro atoms. The predicted octanol–water partition coefficient (Wildman–Crippen LogP) is 2.67. The van der Waals surface area contributed by atoms with Crippen molar-refractivity contribution in [3.63, 3.8) is 0 Å². The molecule has 1 saturated carbocycles. The van der Waals surface area contributed by atoms with Crippen LogP contribution in [0.5, 0.6) is 11.5 Å². The highest BCUT2D eigenvalue weighted by Gasteiger charge is 2.31. The number of ether oxygens (including phenoxy) is 3. The number of nitro groups is 1. The highest BCUT2D eigenvalue weighted by Crippen LogP contribution is 2.35. The van der Waals surface area contributed by atoms with E-state index in [1.807, 2.05) is 0 Å². The molecule has 1 atom stereocenters. The Labute approximate surface area is 138 Å². The molecule has 1 aromatic carbocycles. The van der Waals surface area contributed by atoms with Crippen LogP contribution < -0.4 is 9.47 Å². The summed E-state index contributed by atoms with van der Waals surface area (Å²) in [6, 6.07) is 2.33.